The maximum Gasteiger partial charge on any atom is 0.227 e. The highest BCUT2D eigenvalue weighted by molar-refractivity contribution is 6.22. The van der Waals surface area contributed by atoms with E-state index in [1.54, 1.807) is 9.91 Å². The van der Waals surface area contributed by atoms with Crippen molar-refractivity contribution >= 4 is 56.4 Å². The third kappa shape index (κ3) is 11.6. The Bertz CT molecular complexity index is 2810. The van der Waals surface area contributed by atoms with Crippen LogP contribution in [0.2, 0.25) is 0 Å². The van der Waals surface area contributed by atoms with Crippen molar-refractivity contribution in [3.8, 4) is 11.5 Å². The topological polar surface area (TPSA) is 205 Å². The lowest BCUT2D eigenvalue weighted by molar-refractivity contribution is -0.123. The Hall–Kier alpha value is -6.79. The van der Waals surface area contributed by atoms with Crippen molar-refractivity contribution in [2.75, 3.05) is 90.7 Å². The van der Waals surface area contributed by atoms with E-state index in [2.05, 4.69) is 4.57 Å². The molecule has 0 unspecified atom stereocenters. The second-order valence-corrected chi connectivity index (χ2v) is 16.6. The van der Waals surface area contributed by atoms with E-state index >= 15 is 0 Å². The van der Waals surface area contributed by atoms with Gasteiger partial charge in [-0.1, -0.05) is 72.8 Å². The molecule has 0 atom stereocenters. The summed E-state index contributed by atoms with van der Waals surface area (Å²) in [6.07, 6.45) is -0.0583. The zero-order chi connectivity index (χ0) is 48.1. The Labute approximate surface area is 401 Å². The van der Waals surface area contributed by atoms with Crippen LogP contribution in [0.3, 0.4) is 0 Å². The number of ketones is 1. The molecule has 3 heterocycles. The third-order valence-corrected chi connectivity index (χ3v) is 12.2. The molecule has 0 aliphatic carbocycles. The molecule has 16 heteroatoms. The van der Waals surface area contributed by atoms with Crippen LogP contribution in [0.15, 0.2) is 103 Å². The summed E-state index contributed by atoms with van der Waals surface area (Å²) in [6.45, 7) is 8.34. The highest BCUT2D eigenvalue weighted by Gasteiger charge is 2.29. The molecule has 0 saturated heterocycles. The minimum Gasteiger partial charge on any atom is -0.491 e. The number of nitrogens with zero attached hydrogens (tertiary/aromatic N) is 3. The number of carbonyl (C=O) groups excluding carboxylic acids is 3. The predicted octanol–water partition coefficient (Wildman–Crippen LogP) is 5.96. The minimum absolute atomic E-state index is 0.00280. The molecule has 5 aromatic carbocycles. The summed E-state index contributed by atoms with van der Waals surface area (Å²) >= 11 is 0. The average Bonchev–Trinajstić information content (AvgIpc) is 3.65. The SMILES string of the molecule is Cc1c(C(=O)c2cccc3cc(OCCOCCOCCOCCOCCOCCN(N)/C4=C(\N)c5ccccc5N(C(=O)CCC(N)=O)Cc5ccccc54)ccc23)c2cccc3c2n1CCO3. The molecule has 16 nitrogen and oxygen atoms in total. The maximum absolute atomic E-state index is 14.1. The van der Waals surface area contributed by atoms with Crippen LogP contribution in [0.5, 0.6) is 11.5 Å². The Kier molecular flexibility index (Phi) is 16.6. The van der Waals surface area contributed by atoms with Crippen LogP contribution in [0.4, 0.5) is 5.69 Å². The summed E-state index contributed by atoms with van der Waals surface area (Å²) in [4.78, 5) is 40.5. The summed E-state index contributed by atoms with van der Waals surface area (Å²) in [5, 5.41) is 4.30. The van der Waals surface area contributed by atoms with Crippen molar-refractivity contribution in [3.05, 3.63) is 137 Å². The van der Waals surface area contributed by atoms with E-state index in [0.717, 1.165) is 56.4 Å². The molecular formula is C53H60N6O10. The van der Waals surface area contributed by atoms with Gasteiger partial charge in [0, 0.05) is 40.6 Å². The van der Waals surface area contributed by atoms with Crippen molar-refractivity contribution < 1.29 is 47.5 Å². The van der Waals surface area contributed by atoms with Gasteiger partial charge in [-0.05, 0) is 53.6 Å². The van der Waals surface area contributed by atoms with Crippen molar-refractivity contribution in [3.63, 3.8) is 0 Å². The first-order chi connectivity index (χ1) is 33.7. The largest absolute Gasteiger partial charge is 0.491 e. The fourth-order valence-corrected chi connectivity index (χ4v) is 8.84. The number of fused-ring (bicyclic) bond motifs is 3. The van der Waals surface area contributed by atoms with Crippen molar-refractivity contribution in [1.29, 1.82) is 0 Å². The summed E-state index contributed by atoms with van der Waals surface area (Å²) in [7, 11) is 0. The number of ether oxygens (including phenoxy) is 7. The number of primary amides is 1. The lowest BCUT2D eigenvalue weighted by Crippen LogP contribution is -2.37. The summed E-state index contributed by atoms with van der Waals surface area (Å²) in [6, 6.07) is 32.5. The summed E-state index contributed by atoms with van der Waals surface area (Å²) in [5.41, 5.74) is 19.5. The molecule has 8 rings (SSSR count). The van der Waals surface area contributed by atoms with E-state index < -0.39 is 5.91 Å². The fraction of sp³-hybridized carbons (Fsp3) is 0.340. The monoisotopic (exact) mass is 940 g/mol. The normalized spacial score (nSPS) is 14.2. The molecular weight excluding hydrogens is 881 g/mol. The average molecular weight is 941 g/mol. The second kappa shape index (κ2) is 23.5. The molecule has 2 aliphatic heterocycles. The van der Waals surface area contributed by atoms with Gasteiger partial charge in [0.05, 0.1) is 114 Å². The van der Waals surface area contributed by atoms with Gasteiger partial charge in [0.25, 0.3) is 0 Å². The number of aromatic nitrogens is 1. The number of para-hydroxylation sites is 2. The molecule has 0 spiro atoms. The van der Waals surface area contributed by atoms with E-state index in [-0.39, 0.29) is 31.1 Å². The molecule has 0 bridgehead atoms. The van der Waals surface area contributed by atoms with E-state index in [1.807, 2.05) is 110 Å². The number of hydrazine groups is 1. The molecule has 0 fully saturated rings. The van der Waals surface area contributed by atoms with Crippen LogP contribution in [0.25, 0.3) is 33.1 Å². The molecule has 2 aliphatic rings. The number of anilines is 1. The molecule has 6 aromatic rings. The van der Waals surface area contributed by atoms with E-state index in [4.69, 9.17) is 50.5 Å². The Morgan fingerprint density at radius 3 is 2.07 bits per heavy atom. The van der Waals surface area contributed by atoms with Gasteiger partial charge in [0.1, 0.15) is 24.7 Å². The number of amides is 2. The van der Waals surface area contributed by atoms with E-state index in [9.17, 15) is 14.4 Å². The first-order valence-corrected chi connectivity index (χ1v) is 23.3. The minimum atomic E-state index is -0.535. The van der Waals surface area contributed by atoms with Crippen LogP contribution < -0.4 is 31.7 Å². The van der Waals surface area contributed by atoms with Gasteiger partial charge >= 0.3 is 0 Å². The molecule has 1 aromatic heterocycles. The van der Waals surface area contributed by atoms with Gasteiger partial charge in [0.15, 0.2) is 5.78 Å². The maximum atomic E-state index is 14.1. The fourth-order valence-electron chi connectivity index (χ4n) is 8.84. The van der Waals surface area contributed by atoms with Crippen LogP contribution in [-0.2, 0) is 46.4 Å². The molecule has 69 heavy (non-hydrogen) atoms. The molecule has 0 saturated carbocycles. The van der Waals surface area contributed by atoms with Crippen LogP contribution >= 0.6 is 0 Å². The second-order valence-electron chi connectivity index (χ2n) is 16.6. The molecule has 362 valence electrons. The molecule has 2 amide bonds. The van der Waals surface area contributed by atoms with Gasteiger partial charge in [-0.15, -0.1) is 0 Å². The van der Waals surface area contributed by atoms with Gasteiger partial charge in [-0.2, -0.15) is 0 Å². The number of carbonyl (C=O) groups is 3. The molecule has 0 radical (unpaired) electrons. The van der Waals surface area contributed by atoms with Gasteiger partial charge < -0.3 is 59.1 Å². The highest BCUT2D eigenvalue weighted by Crippen LogP contribution is 2.39. The van der Waals surface area contributed by atoms with Gasteiger partial charge in [-0.3, -0.25) is 14.4 Å². The Balaban J connectivity index is 0.675. The van der Waals surface area contributed by atoms with Crippen molar-refractivity contribution in [2.45, 2.75) is 32.9 Å². The van der Waals surface area contributed by atoms with E-state index in [1.165, 1.54) is 0 Å². The Morgan fingerprint density at radius 2 is 1.35 bits per heavy atom. The van der Waals surface area contributed by atoms with Crippen LogP contribution in [0, 0.1) is 6.92 Å². The lowest BCUT2D eigenvalue weighted by atomic mass is 9.95. The van der Waals surface area contributed by atoms with Gasteiger partial charge in [-0.25, -0.2) is 5.84 Å². The smallest absolute Gasteiger partial charge is 0.227 e. The standard InChI is InChI=1S/C53H60N6O10/c1-36-49(44-13-7-15-46-51(44)57(36)20-23-69-46)53(62)42-12-6-9-37-34-39(16-17-40(37)42)68-33-32-67-31-30-66-29-28-65-27-26-64-25-24-63-22-21-59(56)52-41-10-3-2-8-38(41)35-58(48(61)19-18-47(54)60)45-14-5-4-11-43(45)50(52)55/h2-17,34H,18-33,35,55-56H2,1H3,(H2,54,60)/b52-50-. The van der Waals surface area contributed by atoms with Crippen molar-refractivity contribution in [1.82, 2.24) is 9.58 Å². The number of nitrogens with two attached hydrogens (primary N) is 3. The zero-order valence-corrected chi connectivity index (χ0v) is 39.0. The van der Waals surface area contributed by atoms with E-state index in [0.29, 0.717) is 120 Å². The summed E-state index contributed by atoms with van der Waals surface area (Å²) < 4.78 is 42.5. The summed E-state index contributed by atoms with van der Waals surface area (Å²) in [5.74, 6) is 7.41. The third-order valence-electron chi connectivity index (χ3n) is 12.2. The highest BCUT2D eigenvalue weighted by atomic mass is 16.6. The number of benzene rings is 5. The van der Waals surface area contributed by atoms with Crippen molar-refractivity contribution in [2.24, 2.45) is 17.3 Å². The van der Waals surface area contributed by atoms with Crippen LogP contribution in [0.1, 0.15) is 51.1 Å². The first-order valence-electron chi connectivity index (χ1n) is 23.3. The quantitative estimate of drug-likeness (QED) is 0.0263. The number of rotatable bonds is 25. The first kappa shape index (κ1) is 48.7. The predicted molar refractivity (Wildman–Crippen MR) is 264 cm³/mol. The molecule has 6 N–H and O–H groups in total. The van der Waals surface area contributed by atoms with Gasteiger partial charge in [0.2, 0.25) is 11.8 Å². The number of hydrogen-bond acceptors (Lipinski definition) is 13. The zero-order valence-electron chi connectivity index (χ0n) is 39.0. The number of hydrogen-bond donors (Lipinski definition) is 3. The Morgan fingerprint density at radius 1 is 0.696 bits per heavy atom. The lowest BCUT2D eigenvalue weighted by Gasteiger charge is -2.33. The van der Waals surface area contributed by atoms with Crippen LogP contribution in [-0.4, -0.2) is 113 Å².